The van der Waals surface area contributed by atoms with Crippen LogP contribution in [-0.2, 0) is 0 Å². The zero-order valence-corrected chi connectivity index (χ0v) is 73.3. The van der Waals surface area contributed by atoms with Gasteiger partial charge in [-0.1, -0.05) is 107 Å². The van der Waals surface area contributed by atoms with Crippen LogP contribution in [0.1, 0.15) is 319 Å². The smallest absolute Gasteiger partial charge is 0.179 e. The first kappa shape index (κ1) is 84.7. The van der Waals surface area contributed by atoms with Gasteiger partial charge in [-0.05, 0) is 264 Å². The van der Waals surface area contributed by atoms with Crippen LogP contribution < -0.4 is 0 Å². The molecule has 0 aliphatic carbocycles. The Kier molecular flexibility index (Phi) is 26.1. The number of hydrogen-bond acceptors (Lipinski definition) is 17. The van der Waals surface area contributed by atoms with Gasteiger partial charge in [0.05, 0.1) is 119 Å². The van der Waals surface area contributed by atoms with E-state index in [-0.39, 0.29) is 0 Å². The lowest BCUT2D eigenvalue weighted by Gasteiger charge is -2.12. The maximum Gasteiger partial charge on any atom is 0.179 e. The summed E-state index contributed by atoms with van der Waals surface area (Å²) in [5.41, 5.74) is 43.4. The number of fused-ring (bicyclic) bond motifs is 7. The van der Waals surface area contributed by atoms with Crippen molar-refractivity contribution in [3.8, 4) is 0 Å². The fraction of sp³-hybridized carbons (Fsp3) is 0.541. The van der Waals surface area contributed by atoms with Crippen molar-refractivity contribution in [1.82, 2.24) is 119 Å². The van der Waals surface area contributed by atoms with E-state index >= 15 is 0 Å². The lowest BCUT2D eigenvalue weighted by molar-refractivity contribution is 0.716. The Labute approximate surface area is 646 Å². The molecule has 0 spiro atoms. The molecule has 14 aromatic heterocycles. The monoisotopic (exact) mass is 1480 g/mol. The van der Waals surface area contributed by atoms with Crippen molar-refractivity contribution in [2.24, 2.45) is 0 Å². The fourth-order valence-corrected chi connectivity index (χ4v) is 14.6. The molecule has 0 bridgehead atoms. The molecule has 0 saturated carbocycles. The van der Waals surface area contributed by atoms with Crippen LogP contribution in [0.25, 0.3) is 38.7 Å². The van der Waals surface area contributed by atoms with Gasteiger partial charge in [0.15, 0.2) is 5.65 Å². The summed E-state index contributed by atoms with van der Waals surface area (Å²) in [6.45, 7) is 82.1. The van der Waals surface area contributed by atoms with Crippen molar-refractivity contribution in [2.75, 3.05) is 0 Å². The lowest BCUT2D eigenvalue weighted by Crippen LogP contribution is -2.03. The highest BCUT2D eigenvalue weighted by Gasteiger charge is 2.24. The van der Waals surface area contributed by atoms with E-state index in [1.807, 2.05) is 87.3 Å². The number of rotatable bonds is 7. The summed E-state index contributed by atoms with van der Waals surface area (Å²) >= 11 is 0. The highest BCUT2D eigenvalue weighted by Crippen LogP contribution is 2.33. The zero-order valence-electron chi connectivity index (χ0n) is 73.3. The molecule has 14 rings (SSSR count). The van der Waals surface area contributed by atoms with E-state index < -0.39 is 0 Å². The molecule has 14 aromatic rings. The maximum atomic E-state index is 4.63. The van der Waals surface area contributed by atoms with Gasteiger partial charge in [-0.25, -0.2) is 28.0 Å². The first-order valence-corrected chi connectivity index (χ1v) is 38.7. The van der Waals surface area contributed by atoms with Crippen molar-refractivity contribution in [3.05, 3.63) is 181 Å². The topological polar surface area (TPSA) is 250 Å². The van der Waals surface area contributed by atoms with Gasteiger partial charge in [-0.15, -0.1) is 24.6 Å². The number of pyridine rings is 1. The van der Waals surface area contributed by atoms with Crippen molar-refractivity contribution < 1.29 is 0 Å². The second-order valence-electron chi connectivity index (χ2n) is 32.1. The number of aromatic nitrogens is 24. The Balaban J connectivity index is 0.000000160. The minimum Gasteiger partial charge on any atom is -0.254 e. The molecule has 109 heavy (non-hydrogen) atoms. The Morgan fingerprint density at radius 2 is 0.578 bits per heavy atom. The van der Waals surface area contributed by atoms with Crippen molar-refractivity contribution in [1.29, 1.82) is 0 Å². The normalized spacial score (nSPS) is 11.7. The molecule has 24 heteroatoms. The second kappa shape index (κ2) is 33.5. The third-order valence-corrected chi connectivity index (χ3v) is 21.8. The van der Waals surface area contributed by atoms with Crippen LogP contribution >= 0.6 is 0 Å². The van der Waals surface area contributed by atoms with Gasteiger partial charge in [0.25, 0.3) is 0 Å². The Morgan fingerprint density at radius 1 is 0.202 bits per heavy atom. The third kappa shape index (κ3) is 16.7. The van der Waals surface area contributed by atoms with E-state index in [0.29, 0.717) is 41.4 Å². The molecule has 584 valence electrons. The fourth-order valence-electron chi connectivity index (χ4n) is 14.6. The van der Waals surface area contributed by atoms with Crippen LogP contribution in [0.4, 0.5) is 0 Å². The van der Waals surface area contributed by atoms with Crippen LogP contribution in [0.3, 0.4) is 0 Å². The average Bonchev–Trinajstić information content (AvgIpc) is 1.65. The van der Waals surface area contributed by atoms with Crippen LogP contribution in [0.2, 0.25) is 0 Å². The van der Waals surface area contributed by atoms with Gasteiger partial charge < -0.3 is 0 Å². The first-order valence-electron chi connectivity index (χ1n) is 38.7. The summed E-state index contributed by atoms with van der Waals surface area (Å²) in [6, 6.07) is 0. The average molecular weight is 1480 g/mol. The Hall–Kier alpha value is -9.87. The van der Waals surface area contributed by atoms with Crippen molar-refractivity contribution in [3.63, 3.8) is 0 Å². The molecule has 0 aliphatic heterocycles. The molecule has 0 aromatic carbocycles. The van der Waals surface area contributed by atoms with Crippen molar-refractivity contribution in [2.45, 2.75) is 311 Å². The van der Waals surface area contributed by atoms with Gasteiger partial charge in [0.2, 0.25) is 0 Å². The molecular formula is C85H124N24. The minimum atomic E-state index is 0.380. The van der Waals surface area contributed by atoms with Crippen LogP contribution in [0.5, 0.6) is 0 Å². The molecule has 0 unspecified atom stereocenters. The third-order valence-electron chi connectivity index (χ3n) is 21.8. The summed E-state index contributed by atoms with van der Waals surface area (Å²) in [5, 5.41) is 56.6. The van der Waals surface area contributed by atoms with Gasteiger partial charge in [0.1, 0.15) is 16.9 Å². The van der Waals surface area contributed by atoms with E-state index in [9.17, 15) is 0 Å². The standard InChI is InChI=1S/4C13H19N3.3C11H16N4/c1-7(2)12-9(4)15-16-11(6)8(3)14-10(5)13(12)16;1-7(2)12-10(5)15-16-11(6)14-9(4)8(3)13(12)16;1-7(2)12-11(6)15-16-13(12)9(4)8(3)10(5)14-16;1-7(2)12-13-10(5)8(3)9(4)11(6)16(13)15-14-12;1-6(2)10-11-8(4)12-7(3)9(5)15(11)14-13-10;1-6(2)10-9(5)14-15-11(10)12-7(3)8(4)13-15;1-6(2)10-11-8(4)7(3)9(5)13-15(11)14-12-10/h4*7H,1-6H3;3*6H,1-5H3. The lowest BCUT2D eigenvalue weighted by atomic mass is 9.98. The quantitative estimate of drug-likeness (QED) is 0.144. The highest BCUT2D eigenvalue weighted by molar-refractivity contribution is 5.68. The minimum absolute atomic E-state index is 0.380. The molecule has 0 radical (unpaired) electrons. The molecule has 0 N–H and O–H groups in total. The number of aryl methyl sites for hydroxylation is 21. The number of nitrogens with zero attached hydrogens (tertiary/aromatic N) is 24. The van der Waals surface area contributed by atoms with Crippen LogP contribution in [0, 0.1) is 173 Å². The van der Waals surface area contributed by atoms with Crippen LogP contribution in [0.15, 0.2) is 0 Å². The highest BCUT2D eigenvalue weighted by atomic mass is 15.5. The van der Waals surface area contributed by atoms with Gasteiger partial charge >= 0.3 is 0 Å². The SMILES string of the molecule is Cc1c(C)c(C)n2nnc(C(C)C)c2c1C.Cc1nc(C)c2c(C(C)C)nnn2c1C.Cc1nc(C)n2nc(C)c(C(C)C)c2c1C.Cc1nc2c(C(C)C)c(C)nn2nc1C.Cc1nn2c(C)c(C)nc(C)c2c1C(C)C.Cc1nn2nc(C)c(C(C)C)c2c(C)c1C.Cc1nn2nnc(C(C)C)c2c(C)c1C. The van der Waals surface area contributed by atoms with E-state index in [0.717, 1.165) is 125 Å². The van der Waals surface area contributed by atoms with E-state index in [1.165, 1.54) is 94.5 Å². The second-order valence-corrected chi connectivity index (χ2v) is 32.1. The summed E-state index contributed by atoms with van der Waals surface area (Å²) in [5.74, 6) is 4.04. The van der Waals surface area contributed by atoms with Gasteiger partial charge in [-0.2, -0.15) is 40.3 Å². The molecular weight excluding hydrogens is 1360 g/mol. The van der Waals surface area contributed by atoms with Gasteiger partial charge in [0, 0.05) is 33.6 Å². The first-order chi connectivity index (χ1) is 50.8. The number of hydrogen-bond donors (Lipinski definition) is 0. The zero-order chi connectivity index (χ0) is 81.6. The van der Waals surface area contributed by atoms with E-state index in [1.54, 1.807) is 13.9 Å². The Morgan fingerprint density at radius 3 is 1.09 bits per heavy atom. The molecule has 14 heterocycles. The van der Waals surface area contributed by atoms with E-state index in [2.05, 4.69) is 287 Å². The van der Waals surface area contributed by atoms with Crippen LogP contribution in [-0.4, -0.2) is 119 Å². The Bertz CT molecular complexity index is 5660. The molecule has 0 aliphatic rings. The summed E-state index contributed by atoms with van der Waals surface area (Å²) in [7, 11) is 0. The molecule has 24 nitrogen and oxygen atoms in total. The summed E-state index contributed by atoms with van der Waals surface area (Å²) in [4.78, 5) is 18.2. The molecule has 0 fully saturated rings. The van der Waals surface area contributed by atoms with Gasteiger partial charge in [-0.3, -0.25) is 9.97 Å². The predicted octanol–water partition coefficient (Wildman–Crippen LogP) is 18.9. The maximum absolute atomic E-state index is 4.63. The summed E-state index contributed by atoms with van der Waals surface area (Å²) in [6.07, 6.45) is 0. The molecule has 0 saturated heterocycles. The van der Waals surface area contributed by atoms with E-state index in [4.69, 9.17) is 0 Å². The largest absolute Gasteiger partial charge is 0.254 e. The van der Waals surface area contributed by atoms with Crippen molar-refractivity contribution >= 4 is 38.7 Å². The molecule has 0 atom stereocenters. The predicted molar refractivity (Wildman–Crippen MR) is 441 cm³/mol. The summed E-state index contributed by atoms with van der Waals surface area (Å²) < 4.78 is 13.0. The molecule has 0 amide bonds.